The molecular weight excluding hydrogens is 482 g/mol. The number of aromatic amines is 1. The maximum Gasteiger partial charge on any atom is 0.326 e. The lowest BCUT2D eigenvalue weighted by atomic mass is 9.74. The molecule has 9 heteroatoms. The lowest BCUT2D eigenvalue weighted by Crippen LogP contribution is -2.49. The Morgan fingerprint density at radius 3 is 2.64 bits per heavy atom. The highest BCUT2D eigenvalue weighted by atomic mass is 35.5. The van der Waals surface area contributed by atoms with Gasteiger partial charge in [0.2, 0.25) is 5.91 Å². The van der Waals surface area contributed by atoms with E-state index in [1.165, 1.54) is 0 Å². The minimum absolute atomic E-state index is 0.0742. The zero-order valence-corrected chi connectivity index (χ0v) is 20.9. The van der Waals surface area contributed by atoms with Crippen molar-refractivity contribution < 1.29 is 24.6 Å². The molecule has 0 aliphatic heterocycles. The SMILES string of the molecule is CC(C)C[C@H](NC(=O)C[C@@]1(O)C[C@@H](NC(=O)c2cc3cc(Cl)ccc3[nH]2)Cc2ccccc21)C(=O)O. The van der Waals surface area contributed by atoms with Crippen molar-refractivity contribution in [2.75, 3.05) is 0 Å². The van der Waals surface area contributed by atoms with E-state index in [2.05, 4.69) is 15.6 Å². The zero-order valence-electron chi connectivity index (χ0n) is 20.2. The number of amides is 2. The van der Waals surface area contributed by atoms with Crippen LogP contribution in [0, 0.1) is 5.92 Å². The minimum Gasteiger partial charge on any atom is -0.480 e. The number of aliphatic hydroxyl groups is 1. The fourth-order valence-electron chi connectivity index (χ4n) is 4.97. The van der Waals surface area contributed by atoms with E-state index in [1.54, 1.807) is 36.4 Å². The van der Waals surface area contributed by atoms with Gasteiger partial charge in [0.15, 0.2) is 0 Å². The predicted molar refractivity (Wildman–Crippen MR) is 137 cm³/mol. The molecular formula is C27H30ClN3O5. The molecule has 1 aliphatic rings. The average Bonchev–Trinajstić information content (AvgIpc) is 3.21. The van der Waals surface area contributed by atoms with Crippen LogP contribution in [-0.2, 0) is 21.6 Å². The lowest BCUT2D eigenvalue weighted by Gasteiger charge is -2.38. The number of aliphatic carboxylic acids is 1. The van der Waals surface area contributed by atoms with E-state index < -0.39 is 29.6 Å². The molecule has 2 aromatic carbocycles. The molecule has 1 heterocycles. The topological polar surface area (TPSA) is 132 Å². The fraction of sp³-hybridized carbons (Fsp3) is 0.370. The predicted octanol–water partition coefficient (Wildman–Crippen LogP) is 3.76. The summed E-state index contributed by atoms with van der Waals surface area (Å²) >= 11 is 6.05. The second-order valence-electron chi connectivity index (χ2n) is 9.95. The number of hydrogen-bond acceptors (Lipinski definition) is 4. The van der Waals surface area contributed by atoms with Crippen molar-refractivity contribution in [3.63, 3.8) is 0 Å². The largest absolute Gasteiger partial charge is 0.480 e. The third-order valence-electron chi connectivity index (χ3n) is 6.53. The van der Waals surface area contributed by atoms with E-state index in [4.69, 9.17) is 11.6 Å². The lowest BCUT2D eigenvalue weighted by molar-refractivity contribution is -0.143. The number of nitrogens with one attached hydrogen (secondary N) is 3. The third kappa shape index (κ3) is 5.71. The highest BCUT2D eigenvalue weighted by Gasteiger charge is 2.41. The molecule has 0 saturated heterocycles. The van der Waals surface area contributed by atoms with Gasteiger partial charge in [-0.25, -0.2) is 4.79 Å². The molecule has 1 aromatic heterocycles. The number of H-pyrrole nitrogens is 1. The number of halogens is 1. The Morgan fingerprint density at radius 1 is 1.17 bits per heavy atom. The van der Waals surface area contributed by atoms with Crippen LogP contribution in [0.4, 0.5) is 0 Å². The van der Waals surface area contributed by atoms with Crippen molar-refractivity contribution in [3.8, 4) is 0 Å². The molecule has 0 radical (unpaired) electrons. The molecule has 0 unspecified atom stereocenters. The summed E-state index contributed by atoms with van der Waals surface area (Å²) in [6.07, 6.45) is 0.563. The molecule has 36 heavy (non-hydrogen) atoms. The molecule has 0 bridgehead atoms. The fourth-order valence-corrected chi connectivity index (χ4v) is 5.15. The van der Waals surface area contributed by atoms with Gasteiger partial charge >= 0.3 is 5.97 Å². The van der Waals surface area contributed by atoms with E-state index in [1.807, 2.05) is 26.0 Å². The molecule has 3 aromatic rings. The summed E-state index contributed by atoms with van der Waals surface area (Å²) in [5, 5.41) is 28.0. The molecule has 4 rings (SSSR count). The quantitative estimate of drug-likeness (QED) is 0.314. The second-order valence-corrected chi connectivity index (χ2v) is 10.4. The monoisotopic (exact) mass is 511 g/mol. The van der Waals surface area contributed by atoms with Crippen molar-refractivity contribution in [1.82, 2.24) is 15.6 Å². The molecule has 0 saturated carbocycles. The number of rotatable bonds is 8. The Morgan fingerprint density at radius 2 is 1.92 bits per heavy atom. The first-order chi connectivity index (χ1) is 17.0. The summed E-state index contributed by atoms with van der Waals surface area (Å²) in [6.45, 7) is 3.75. The molecule has 0 fully saturated rings. The number of benzene rings is 2. The van der Waals surface area contributed by atoms with Crippen LogP contribution in [0.1, 0.15) is 54.7 Å². The first kappa shape index (κ1) is 25.7. The van der Waals surface area contributed by atoms with Gasteiger partial charge in [-0.2, -0.15) is 0 Å². The molecule has 2 amide bonds. The number of carbonyl (C=O) groups excluding carboxylic acids is 2. The van der Waals surface area contributed by atoms with Gasteiger partial charge in [-0.05, 0) is 54.2 Å². The van der Waals surface area contributed by atoms with Crippen molar-refractivity contribution >= 4 is 40.3 Å². The first-order valence-corrected chi connectivity index (χ1v) is 12.3. The van der Waals surface area contributed by atoms with Gasteiger partial charge in [-0.1, -0.05) is 49.7 Å². The van der Waals surface area contributed by atoms with Gasteiger partial charge in [0.25, 0.3) is 5.91 Å². The van der Waals surface area contributed by atoms with Crippen LogP contribution in [0.25, 0.3) is 10.9 Å². The summed E-state index contributed by atoms with van der Waals surface area (Å²) in [4.78, 5) is 40.6. The minimum atomic E-state index is -1.56. The van der Waals surface area contributed by atoms with Crippen molar-refractivity contribution in [1.29, 1.82) is 0 Å². The first-order valence-electron chi connectivity index (χ1n) is 12.0. The highest BCUT2D eigenvalue weighted by molar-refractivity contribution is 6.31. The van der Waals surface area contributed by atoms with Gasteiger partial charge in [-0.3, -0.25) is 9.59 Å². The Labute approximate surface area is 214 Å². The molecule has 0 spiro atoms. The van der Waals surface area contributed by atoms with Gasteiger partial charge in [0, 0.05) is 28.4 Å². The van der Waals surface area contributed by atoms with Crippen LogP contribution in [0.2, 0.25) is 5.02 Å². The highest BCUT2D eigenvalue weighted by Crippen LogP contribution is 2.38. The second kappa shape index (κ2) is 10.3. The number of carboxylic acid groups (broad SMARTS) is 1. The number of fused-ring (bicyclic) bond motifs is 2. The Balaban J connectivity index is 1.52. The molecule has 190 valence electrons. The number of carboxylic acids is 1. The molecule has 1 aliphatic carbocycles. The Hall–Kier alpha value is -3.36. The van der Waals surface area contributed by atoms with Crippen molar-refractivity contribution in [3.05, 3.63) is 70.4 Å². The molecule has 8 nitrogen and oxygen atoms in total. The summed E-state index contributed by atoms with van der Waals surface area (Å²) in [5.74, 6) is -1.93. The number of aromatic nitrogens is 1. The number of carbonyl (C=O) groups is 3. The van der Waals surface area contributed by atoms with E-state index >= 15 is 0 Å². The summed E-state index contributed by atoms with van der Waals surface area (Å²) in [6, 6.07) is 12.8. The van der Waals surface area contributed by atoms with Gasteiger partial charge in [0.1, 0.15) is 17.3 Å². The van der Waals surface area contributed by atoms with Crippen LogP contribution in [0.15, 0.2) is 48.5 Å². The van der Waals surface area contributed by atoms with Crippen molar-refractivity contribution in [2.45, 2.75) is 57.2 Å². The van der Waals surface area contributed by atoms with Crippen molar-refractivity contribution in [2.24, 2.45) is 5.92 Å². The molecule has 5 N–H and O–H groups in total. The van der Waals surface area contributed by atoms with E-state index in [9.17, 15) is 24.6 Å². The van der Waals surface area contributed by atoms with Crippen LogP contribution in [0.3, 0.4) is 0 Å². The summed E-state index contributed by atoms with van der Waals surface area (Å²) < 4.78 is 0. The van der Waals surface area contributed by atoms with Gasteiger partial charge in [0.05, 0.1) is 6.42 Å². The maximum absolute atomic E-state index is 13.0. The zero-order chi connectivity index (χ0) is 26.0. The number of hydrogen-bond donors (Lipinski definition) is 5. The third-order valence-corrected chi connectivity index (χ3v) is 6.76. The summed E-state index contributed by atoms with van der Waals surface area (Å²) in [5.41, 5.74) is 1.02. The summed E-state index contributed by atoms with van der Waals surface area (Å²) in [7, 11) is 0. The van der Waals surface area contributed by atoms with Gasteiger partial charge in [-0.15, -0.1) is 0 Å². The smallest absolute Gasteiger partial charge is 0.326 e. The van der Waals surface area contributed by atoms with Gasteiger partial charge < -0.3 is 25.8 Å². The average molecular weight is 512 g/mol. The molecule has 3 atom stereocenters. The van der Waals surface area contributed by atoms with Crippen LogP contribution in [-0.4, -0.2) is 45.1 Å². The normalized spacial score (nSPS) is 20.1. The van der Waals surface area contributed by atoms with E-state index in [0.29, 0.717) is 22.7 Å². The Bertz CT molecular complexity index is 1300. The Kier molecular flexibility index (Phi) is 7.38. The van der Waals surface area contributed by atoms with Crippen LogP contribution < -0.4 is 10.6 Å². The van der Waals surface area contributed by atoms with Crippen LogP contribution in [0.5, 0.6) is 0 Å². The standard InChI is InChI=1S/C27H30ClN3O5/c1-15(2)9-23(26(34)35)31-24(32)14-27(36)13-19(11-16-5-3-4-6-20(16)27)29-25(33)22-12-17-10-18(28)7-8-21(17)30-22/h3-8,10,12,15,19,23,30,36H,9,11,13-14H2,1-2H3,(H,29,33)(H,31,32)(H,34,35)/t19-,23-,27-/m0/s1. The maximum atomic E-state index is 13.0. The van der Waals surface area contributed by atoms with Crippen LogP contribution >= 0.6 is 11.6 Å². The van der Waals surface area contributed by atoms with E-state index in [0.717, 1.165) is 16.5 Å². The van der Waals surface area contributed by atoms with E-state index in [-0.39, 0.29) is 31.1 Å².